The number of H-pyrrole nitrogens is 1. The van der Waals surface area contributed by atoms with Gasteiger partial charge in [0, 0.05) is 51.0 Å². The zero-order valence-electron chi connectivity index (χ0n) is 19.1. The summed E-state index contributed by atoms with van der Waals surface area (Å²) in [5.74, 6) is 0.591. The molecule has 0 radical (unpaired) electrons. The Morgan fingerprint density at radius 2 is 1.85 bits per heavy atom. The highest BCUT2D eigenvalue weighted by atomic mass is 16.1. The highest BCUT2D eigenvalue weighted by molar-refractivity contribution is 6.06. The number of hydrogen-bond acceptors (Lipinski definition) is 5. The average Bonchev–Trinajstić information content (AvgIpc) is 3.44. The largest absolute Gasteiger partial charge is 0.337 e. The summed E-state index contributed by atoms with van der Waals surface area (Å²) in [6.45, 7) is 5.62. The Labute approximate surface area is 193 Å². The van der Waals surface area contributed by atoms with Crippen LogP contribution in [0.1, 0.15) is 15.9 Å². The predicted molar refractivity (Wildman–Crippen MR) is 130 cm³/mol. The molecule has 5 rings (SSSR count). The van der Waals surface area contributed by atoms with E-state index in [1.165, 1.54) is 5.56 Å². The predicted octanol–water partition coefficient (Wildman–Crippen LogP) is 3.01. The van der Waals surface area contributed by atoms with Crippen LogP contribution in [0.25, 0.3) is 22.6 Å². The molecule has 0 spiro atoms. The highest BCUT2D eigenvalue weighted by Crippen LogP contribution is 2.21. The third-order valence-electron chi connectivity index (χ3n) is 6.33. The van der Waals surface area contributed by atoms with E-state index in [2.05, 4.69) is 49.2 Å². The van der Waals surface area contributed by atoms with Gasteiger partial charge >= 0.3 is 0 Å². The van der Waals surface area contributed by atoms with Crippen LogP contribution in [-0.2, 0) is 13.5 Å². The van der Waals surface area contributed by atoms with Crippen LogP contribution < -0.4 is 5.32 Å². The summed E-state index contributed by atoms with van der Waals surface area (Å²) in [4.78, 5) is 29.7. The molecule has 1 aliphatic rings. The quantitative estimate of drug-likeness (QED) is 0.479. The van der Waals surface area contributed by atoms with Crippen LogP contribution in [0.5, 0.6) is 0 Å². The molecule has 1 fully saturated rings. The Bertz CT molecular complexity index is 1250. The average molecular weight is 444 g/mol. The standard InChI is InChI=1S/C25H29N7O/c1-30-11-13-32(14-12-30)10-9-18-3-6-20(7-4-18)27-25(33)19-5-8-21-22(15-19)29-24(28-21)23-16-26-17-31(23)2/h3-8,15-17H,9-14H2,1-2H3,(H,27,33)(H,28,29). The van der Waals surface area contributed by atoms with Crippen molar-refractivity contribution in [2.45, 2.75) is 6.42 Å². The number of piperazine rings is 1. The monoisotopic (exact) mass is 443 g/mol. The summed E-state index contributed by atoms with van der Waals surface area (Å²) < 4.78 is 1.90. The fraction of sp³-hybridized carbons (Fsp3) is 0.320. The minimum Gasteiger partial charge on any atom is -0.337 e. The molecule has 8 nitrogen and oxygen atoms in total. The van der Waals surface area contributed by atoms with Gasteiger partial charge in [0.05, 0.1) is 23.6 Å². The van der Waals surface area contributed by atoms with Gasteiger partial charge in [-0.05, 0) is 49.4 Å². The molecule has 1 amide bonds. The topological polar surface area (TPSA) is 82.1 Å². The van der Waals surface area contributed by atoms with Gasteiger partial charge in [-0.15, -0.1) is 0 Å². The van der Waals surface area contributed by atoms with Gasteiger partial charge in [0.25, 0.3) is 5.91 Å². The van der Waals surface area contributed by atoms with Gasteiger partial charge in [0.1, 0.15) is 5.69 Å². The Morgan fingerprint density at radius 3 is 2.58 bits per heavy atom. The maximum Gasteiger partial charge on any atom is 0.255 e. The fourth-order valence-corrected chi connectivity index (χ4v) is 4.17. The summed E-state index contributed by atoms with van der Waals surface area (Å²) in [5.41, 5.74) is 5.19. The molecule has 2 aromatic heterocycles. The van der Waals surface area contributed by atoms with Crippen molar-refractivity contribution >= 4 is 22.6 Å². The first-order chi connectivity index (χ1) is 16.0. The summed E-state index contributed by atoms with van der Waals surface area (Å²) >= 11 is 0. The molecule has 2 aromatic carbocycles. The normalized spacial score (nSPS) is 15.2. The number of anilines is 1. The molecule has 170 valence electrons. The van der Waals surface area contributed by atoms with Gasteiger partial charge in [0.15, 0.2) is 5.82 Å². The highest BCUT2D eigenvalue weighted by Gasteiger charge is 2.14. The molecular weight excluding hydrogens is 414 g/mol. The number of aromatic nitrogens is 4. The molecule has 8 heteroatoms. The van der Waals surface area contributed by atoms with Gasteiger partial charge in [-0.2, -0.15) is 0 Å². The van der Waals surface area contributed by atoms with Crippen molar-refractivity contribution in [1.29, 1.82) is 0 Å². The number of imidazole rings is 2. The number of aromatic amines is 1. The number of fused-ring (bicyclic) bond motifs is 1. The van der Waals surface area contributed by atoms with Crippen LogP contribution in [0.15, 0.2) is 55.0 Å². The Balaban J connectivity index is 1.21. The molecular formula is C25H29N7O. The SMILES string of the molecule is CN1CCN(CCc2ccc(NC(=O)c3ccc4nc(-c5cncn5C)[nH]c4c3)cc2)CC1. The molecule has 0 unspecified atom stereocenters. The van der Waals surface area contributed by atoms with E-state index in [1.54, 1.807) is 18.6 Å². The van der Waals surface area contributed by atoms with Crippen molar-refractivity contribution in [2.24, 2.45) is 7.05 Å². The first-order valence-corrected chi connectivity index (χ1v) is 11.3. The van der Waals surface area contributed by atoms with Crippen LogP contribution in [0.2, 0.25) is 0 Å². The molecule has 0 saturated carbocycles. The van der Waals surface area contributed by atoms with E-state index in [0.29, 0.717) is 5.56 Å². The molecule has 3 heterocycles. The van der Waals surface area contributed by atoms with Crippen molar-refractivity contribution in [3.8, 4) is 11.5 Å². The van der Waals surface area contributed by atoms with Crippen LogP contribution in [0, 0.1) is 0 Å². The summed E-state index contributed by atoms with van der Waals surface area (Å²) in [5, 5.41) is 3.00. The lowest BCUT2D eigenvalue weighted by atomic mass is 10.1. The smallest absolute Gasteiger partial charge is 0.255 e. The summed E-state index contributed by atoms with van der Waals surface area (Å²) in [7, 11) is 4.10. The second-order valence-corrected chi connectivity index (χ2v) is 8.75. The molecule has 0 atom stereocenters. The number of likely N-dealkylation sites (N-methyl/N-ethyl adjacent to an activating group) is 1. The van der Waals surface area contributed by atoms with Crippen molar-refractivity contribution in [1.82, 2.24) is 29.3 Å². The number of nitrogens with one attached hydrogen (secondary N) is 2. The molecule has 1 aliphatic heterocycles. The number of amides is 1. The molecule has 1 saturated heterocycles. The second kappa shape index (κ2) is 9.17. The van der Waals surface area contributed by atoms with Crippen LogP contribution in [0.4, 0.5) is 5.69 Å². The summed E-state index contributed by atoms with van der Waals surface area (Å²) in [6.07, 6.45) is 4.52. The number of carbonyl (C=O) groups excluding carboxylic acids is 1. The zero-order chi connectivity index (χ0) is 22.8. The van der Waals surface area contributed by atoms with Crippen molar-refractivity contribution in [2.75, 3.05) is 45.1 Å². The lowest BCUT2D eigenvalue weighted by molar-refractivity contribution is 0.102. The number of hydrogen-bond donors (Lipinski definition) is 2. The Morgan fingerprint density at radius 1 is 1.06 bits per heavy atom. The third kappa shape index (κ3) is 4.81. The number of rotatable bonds is 6. The second-order valence-electron chi connectivity index (χ2n) is 8.75. The summed E-state index contributed by atoms with van der Waals surface area (Å²) in [6, 6.07) is 13.7. The maximum atomic E-state index is 12.8. The minimum atomic E-state index is -0.140. The molecule has 2 N–H and O–H groups in total. The molecule has 0 bridgehead atoms. The molecule has 4 aromatic rings. The van der Waals surface area contributed by atoms with E-state index in [0.717, 1.165) is 67.4 Å². The van der Waals surface area contributed by atoms with E-state index in [-0.39, 0.29) is 5.91 Å². The minimum absolute atomic E-state index is 0.140. The van der Waals surface area contributed by atoms with Crippen LogP contribution >= 0.6 is 0 Å². The van der Waals surface area contributed by atoms with Gasteiger partial charge in [-0.3, -0.25) is 4.79 Å². The number of carbonyl (C=O) groups is 1. The first-order valence-electron chi connectivity index (χ1n) is 11.3. The van der Waals surface area contributed by atoms with Crippen molar-refractivity contribution < 1.29 is 4.79 Å². The third-order valence-corrected chi connectivity index (χ3v) is 6.33. The van der Waals surface area contributed by atoms with Gasteiger partial charge in [-0.1, -0.05) is 12.1 Å². The van der Waals surface area contributed by atoms with Gasteiger partial charge < -0.3 is 24.7 Å². The molecule has 33 heavy (non-hydrogen) atoms. The van der Waals surface area contributed by atoms with Crippen LogP contribution in [-0.4, -0.2) is 75.0 Å². The van der Waals surface area contributed by atoms with Crippen molar-refractivity contribution in [3.05, 3.63) is 66.1 Å². The van der Waals surface area contributed by atoms with E-state index in [1.807, 2.05) is 35.9 Å². The van der Waals surface area contributed by atoms with E-state index in [4.69, 9.17) is 0 Å². The Kier molecular flexibility index (Phi) is 5.93. The number of benzene rings is 2. The Hall–Kier alpha value is -3.49. The molecule has 0 aliphatic carbocycles. The number of aryl methyl sites for hydroxylation is 1. The fourth-order valence-electron chi connectivity index (χ4n) is 4.17. The van der Waals surface area contributed by atoms with E-state index < -0.39 is 0 Å². The van der Waals surface area contributed by atoms with Crippen LogP contribution in [0.3, 0.4) is 0 Å². The van der Waals surface area contributed by atoms with Gasteiger partial charge in [0.2, 0.25) is 0 Å². The zero-order valence-corrected chi connectivity index (χ0v) is 19.1. The van der Waals surface area contributed by atoms with Crippen molar-refractivity contribution in [3.63, 3.8) is 0 Å². The van der Waals surface area contributed by atoms with E-state index >= 15 is 0 Å². The first kappa shape index (κ1) is 21.4. The lowest BCUT2D eigenvalue weighted by Gasteiger charge is -2.32. The number of nitrogens with zero attached hydrogens (tertiary/aromatic N) is 5. The maximum absolute atomic E-state index is 12.8. The van der Waals surface area contributed by atoms with Gasteiger partial charge in [-0.25, -0.2) is 9.97 Å². The van der Waals surface area contributed by atoms with E-state index in [9.17, 15) is 4.79 Å². The lowest BCUT2D eigenvalue weighted by Crippen LogP contribution is -2.45.